The number of hydrogen-bond donors (Lipinski definition) is 1. The molecule has 0 radical (unpaired) electrons. The zero-order chi connectivity index (χ0) is 12.8. The highest BCUT2D eigenvalue weighted by Gasteiger charge is 1.99. The van der Waals surface area contributed by atoms with Gasteiger partial charge in [-0.2, -0.15) is 5.10 Å². The topological polar surface area (TPSA) is 29.9 Å². The normalized spacial score (nSPS) is 10.5. The van der Waals surface area contributed by atoms with Crippen LogP contribution in [0.25, 0.3) is 0 Å². The molecule has 1 heterocycles. The van der Waals surface area contributed by atoms with Crippen LogP contribution in [0.4, 0.5) is 0 Å². The third-order valence-corrected chi connectivity index (χ3v) is 2.63. The van der Waals surface area contributed by atoms with Crippen LogP contribution in [0.5, 0.6) is 0 Å². The van der Waals surface area contributed by atoms with Gasteiger partial charge >= 0.3 is 0 Å². The predicted octanol–water partition coefficient (Wildman–Crippen LogP) is 2.60. The van der Waals surface area contributed by atoms with E-state index in [2.05, 4.69) is 35.3 Å². The zero-order valence-corrected chi connectivity index (χ0v) is 10.8. The Hall–Kier alpha value is -1.87. The maximum atomic E-state index is 4.36. The molecule has 2 rings (SSSR count). The molecule has 0 fully saturated rings. The first kappa shape index (κ1) is 12.6. The van der Waals surface area contributed by atoms with E-state index in [1.54, 1.807) is 0 Å². The fourth-order valence-corrected chi connectivity index (χ4v) is 1.77. The molecule has 18 heavy (non-hydrogen) atoms. The molecule has 1 aromatic heterocycles. The Morgan fingerprint density at radius 2 is 2.06 bits per heavy atom. The van der Waals surface area contributed by atoms with Gasteiger partial charge in [-0.15, -0.1) is 0 Å². The maximum absolute atomic E-state index is 4.36. The molecule has 0 saturated carbocycles. The van der Waals surface area contributed by atoms with Gasteiger partial charge in [0.05, 0.1) is 12.7 Å². The minimum Gasteiger partial charge on any atom is -0.309 e. The number of rotatable bonds is 6. The van der Waals surface area contributed by atoms with Crippen LogP contribution < -0.4 is 5.32 Å². The van der Waals surface area contributed by atoms with E-state index >= 15 is 0 Å². The zero-order valence-electron chi connectivity index (χ0n) is 10.8. The largest absolute Gasteiger partial charge is 0.309 e. The molecule has 3 heteroatoms. The lowest BCUT2D eigenvalue weighted by molar-refractivity contribution is 0.684. The van der Waals surface area contributed by atoms with Crippen LogP contribution >= 0.6 is 0 Å². The van der Waals surface area contributed by atoms with E-state index in [0.29, 0.717) is 0 Å². The summed E-state index contributed by atoms with van der Waals surface area (Å²) < 4.78 is 1.97. The summed E-state index contributed by atoms with van der Waals surface area (Å²) in [5.41, 5.74) is 3.61. The van der Waals surface area contributed by atoms with E-state index in [1.165, 1.54) is 11.1 Å². The van der Waals surface area contributed by atoms with Gasteiger partial charge < -0.3 is 5.32 Å². The first-order valence-corrected chi connectivity index (χ1v) is 6.14. The lowest BCUT2D eigenvalue weighted by Gasteiger charge is -2.02. The van der Waals surface area contributed by atoms with Crippen molar-refractivity contribution in [1.82, 2.24) is 15.1 Å². The molecular weight excluding hydrogens is 222 g/mol. The first-order valence-electron chi connectivity index (χ1n) is 6.14. The Morgan fingerprint density at radius 1 is 1.28 bits per heavy atom. The standard InChI is InChI=1S/C15H19N3/c1-13(2)8-16-9-15-10-17-18(12-15)11-14-6-4-3-5-7-14/h3-7,10,12,16H,1,8-9,11H2,2H3. The lowest BCUT2D eigenvalue weighted by atomic mass is 10.2. The van der Waals surface area contributed by atoms with Crippen molar-refractivity contribution in [2.24, 2.45) is 0 Å². The molecule has 0 bridgehead atoms. The second-order valence-corrected chi connectivity index (χ2v) is 4.59. The van der Waals surface area contributed by atoms with E-state index in [0.717, 1.165) is 25.2 Å². The third kappa shape index (κ3) is 3.86. The molecule has 0 unspecified atom stereocenters. The third-order valence-electron chi connectivity index (χ3n) is 2.63. The van der Waals surface area contributed by atoms with Crippen LogP contribution in [-0.4, -0.2) is 16.3 Å². The van der Waals surface area contributed by atoms with Gasteiger partial charge in [-0.1, -0.05) is 42.5 Å². The highest BCUT2D eigenvalue weighted by atomic mass is 15.3. The van der Waals surface area contributed by atoms with Gasteiger partial charge in [0.1, 0.15) is 0 Å². The Balaban J connectivity index is 1.88. The minimum atomic E-state index is 0.821. The van der Waals surface area contributed by atoms with Crippen molar-refractivity contribution in [1.29, 1.82) is 0 Å². The van der Waals surface area contributed by atoms with Crippen molar-refractivity contribution in [2.45, 2.75) is 20.0 Å². The molecule has 1 N–H and O–H groups in total. The van der Waals surface area contributed by atoms with Crippen LogP contribution in [0, 0.1) is 0 Å². The number of nitrogens with one attached hydrogen (secondary N) is 1. The van der Waals surface area contributed by atoms with Crippen LogP contribution in [0.3, 0.4) is 0 Å². The SMILES string of the molecule is C=C(C)CNCc1cnn(Cc2ccccc2)c1. The van der Waals surface area contributed by atoms with E-state index in [1.807, 2.05) is 36.0 Å². The molecule has 2 aromatic rings. The number of hydrogen-bond acceptors (Lipinski definition) is 2. The summed E-state index contributed by atoms with van der Waals surface area (Å²) in [4.78, 5) is 0. The Kier molecular flexibility index (Phi) is 4.31. The van der Waals surface area contributed by atoms with Gasteiger partial charge in [-0.25, -0.2) is 0 Å². The Bertz CT molecular complexity index is 499. The Morgan fingerprint density at radius 3 is 2.78 bits per heavy atom. The molecule has 0 atom stereocenters. The average molecular weight is 241 g/mol. The number of benzene rings is 1. The van der Waals surface area contributed by atoms with Gasteiger partial charge in [0, 0.05) is 24.8 Å². The van der Waals surface area contributed by atoms with Crippen LogP contribution in [0.2, 0.25) is 0 Å². The Labute approximate surface area is 108 Å². The van der Waals surface area contributed by atoms with Crippen molar-refractivity contribution in [3.8, 4) is 0 Å². The van der Waals surface area contributed by atoms with E-state index in [4.69, 9.17) is 0 Å². The predicted molar refractivity (Wildman–Crippen MR) is 74.3 cm³/mol. The molecule has 3 nitrogen and oxygen atoms in total. The number of aromatic nitrogens is 2. The summed E-state index contributed by atoms with van der Waals surface area (Å²) in [6.07, 6.45) is 3.99. The van der Waals surface area contributed by atoms with Crippen LogP contribution in [0.15, 0.2) is 54.9 Å². The fraction of sp³-hybridized carbons (Fsp3) is 0.267. The molecule has 1 aromatic carbocycles. The van der Waals surface area contributed by atoms with Gasteiger partial charge in [0.15, 0.2) is 0 Å². The van der Waals surface area contributed by atoms with Crippen LogP contribution in [-0.2, 0) is 13.1 Å². The smallest absolute Gasteiger partial charge is 0.0659 e. The van der Waals surface area contributed by atoms with Crippen molar-refractivity contribution in [3.05, 3.63) is 66.0 Å². The quantitative estimate of drug-likeness (QED) is 0.788. The summed E-state index contributed by atoms with van der Waals surface area (Å²) >= 11 is 0. The molecule has 0 spiro atoms. The maximum Gasteiger partial charge on any atom is 0.0659 e. The minimum absolute atomic E-state index is 0.821. The van der Waals surface area contributed by atoms with E-state index < -0.39 is 0 Å². The average Bonchev–Trinajstić information content (AvgIpc) is 2.78. The highest BCUT2D eigenvalue weighted by molar-refractivity contribution is 5.15. The van der Waals surface area contributed by atoms with Crippen molar-refractivity contribution in [3.63, 3.8) is 0 Å². The molecule has 0 saturated heterocycles. The molecule has 0 aliphatic carbocycles. The van der Waals surface area contributed by atoms with Crippen molar-refractivity contribution < 1.29 is 0 Å². The molecule has 0 aliphatic rings. The highest BCUT2D eigenvalue weighted by Crippen LogP contribution is 2.03. The first-order chi connectivity index (χ1) is 8.74. The van der Waals surface area contributed by atoms with Gasteiger partial charge in [0.2, 0.25) is 0 Å². The number of nitrogens with zero attached hydrogens (tertiary/aromatic N) is 2. The van der Waals surface area contributed by atoms with Crippen LogP contribution in [0.1, 0.15) is 18.1 Å². The molecule has 94 valence electrons. The van der Waals surface area contributed by atoms with Gasteiger partial charge in [0.25, 0.3) is 0 Å². The van der Waals surface area contributed by atoms with E-state index in [9.17, 15) is 0 Å². The summed E-state index contributed by atoms with van der Waals surface area (Å²) in [5.74, 6) is 0. The van der Waals surface area contributed by atoms with Crippen molar-refractivity contribution in [2.75, 3.05) is 6.54 Å². The van der Waals surface area contributed by atoms with Crippen molar-refractivity contribution >= 4 is 0 Å². The lowest BCUT2D eigenvalue weighted by Crippen LogP contribution is -2.14. The molecular formula is C15H19N3. The summed E-state index contributed by atoms with van der Waals surface area (Å²) in [5, 5.41) is 7.69. The van der Waals surface area contributed by atoms with E-state index in [-0.39, 0.29) is 0 Å². The molecule has 0 aliphatic heterocycles. The van der Waals surface area contributed by atoms with Gasteiger partial charge in [-0.05, 0) is 12.5 Å². The summed E-state index contributed by atoms with van der Waals surface area (Å²) in [6, 6.07) is 10.4. The summed E-state index contributed by atoms with van der Waals surface area (Å²) in [7, 11) is 0. The molecule has 0 amide bonds. The second kappa shape index (κ2) is 6.17. The second-order valence-electron chi connectivity index (χ2n) is 4.59. The fourth-order valence-electron chi connectivity index (χ4n) is 1.77. The monoisotopic (exact) mass is 241 g/mol. The summed E-state index contributed by atoms with van der Waals surface area (Å²) in [6.45, 7) is 8.39. The van der Waals surface area contributed by atoms with Gasteiger partial charge in [-0.3, -0.25) is 4.68 Å².